The van der Waals surface area contributed by atoms with E-state index in [1.165, 1.54) is 0 Å². The second-order valence-electron chi connectivity index (χ2n) is 6.11. The quantitative estimate of drug-likeness (QED) is 0.874. The first-order chi connectivity index (χ1) is 10.1. The van der Waals surface area contributed by atoms with Gasteiger partial charge in [0.25, 0.3) is 0 Å². The Kier molecular flexibility index (Phi) is 5.22. The molecule has 1 aliphatic carbocycles. The molecule has 0 spiro atoms. The maximum absolute atomic E-state index is 9.79. The monoisotopic (exact) mass is 288 g/mol. The zero-order chi connectivity index (χ0) is 15.3. The molecule has 21 heavy (non-hydrogen) atoms. The maximum Gasteiger partial charge on any atom is 0.123 e. The number of hydrogen-bond donors (Lipinski definition) is 2. The highest BCUT2D eigenvalue weighted by molar-refractivity contribution is 5.42. The number of ether oxygens (including phenoxy) is 1. The first kappa shape index (κ1) is 15.8. The van der Waals surface area contributed by atoms with Crippen LogP contribution in [0.5, 0.6) is 5.75 Å². The zero-order valence-electron chi connectivity index (χ0n) is 12.9. The van der Waals surface area contributed by atoms with Gasteiger partial charge in [-0.25, -0.2) is 0 Å². The molecule has 2 rings (SSSR count). The molecule has 0 bridgehead atoms. The van der Waals surface area contributed by atoms with Gasteiger partial charge in [0, 0.05) is 17.6 Å². The van der Waals surface area contributed by atoms with Crippen LogP contribution in [0, 0.1) is 17.2 Å². The molecule has 1 aromatic carbocycles. The third kappa shape index (κ3) is 3.75. The van der Waals surface area contributed by atoms with Gasteiger partial charge >= 0.3 is 0 Å². The maximum atomic E-state index is 9.79. The lowest BCUT2D eigenvalue weighted by Gasteiger charge is -2.39. The third-order valence-electron chi connectivity index (χ3n) is 4.60. The topological polar surface area (TPSA) is 65.3 Å². The van der Waals surface area contributed by atoms with E-state index in [4.69, 9.17) is 10.00 Å². The van der Waals surface area contributed by atoms with Crippen molar-refractivity contribution in [2.45, 2.75) is 44.7 Å². The Morgan fingerprint density at radius 2 is 2.14 bits per heavy atom. The molecule has 0 unspecified atom stereocenters. The fourth-order valence-electron chi connectivity index (χ4n) is 2.97. The van der Waals surface area contributed by atoms with Gasteiger partial charge in [0.15, 0.2) is 0 Å². The van der Waals surface area contributed by atoms with Crippen LogP contribution in [0.4, 0.5) is 0 Å². The number of aliphatic hydroxyl groups is 1. The van der Waals surface area contributed by atoms with Crippen LogP contribution in [0.3, 0.4) is 0 Å². The van der Waals surface area contributed by atoms with Crippen molar-refractivity contribution in [1.29, 1.82) is 5.26 Å². The van der Waals surface area contributed by atoms with E-state index < -0.39 is 0 Å². The Bertz CT molecular complexity index is 514. The lowest BCUT2D eigenvalue weighted by molar-refractivity contribution is 0.104. The van der Waals surface area contributed by atoms with Crippen molar-refractivity contribution in [3.63, 3.8) is 0 Å². The molecule has 0 saturated heterocycles. The lowest BCUT2D eigenvalue weighted by Crippen LogP contribution is -2.50. The molecule has 1 aromatic rings. The van der Waals surface area contributed by atoms with Gasteiger partial charge in [0.2, 0.25) is 0 Å². The minimum atomic E-state index is -0.194. The second kappa shape index (κ2) is 6.93. The molecule has 0 amide bonds. The number of rotatable bonds is 5. The molecule has 0 aliphatic heterocycles. The van der Waals surface area contributed by atoms with Crippen molar-refractivity contribution in [1.82, 2.24) is 5.32 Å². The molecule has 4 heteroatoms. The van der Waals surface area contributed by atoms with Gasteiger partial charge in [-0.15, -0.1) is 0 Å². The summed E-state index contributed by atoms with van der Waals surface area (Å²) in [5, 5.41) is 22.3. The smallest absolute Gasteiger partial charge is 0.123 e. The Labute approximate surface area is 126 Å². The van der Waals surface area contributed by atoms with Crippen molar-refractivity contribution in [2.24, 2.45) is 5.92 Å². The summed E-state index contributed by atoms with van der Waals surface area (Å²) in [6.07, 6.45) is 4.27. The Hall–Kier alpha value is -1.57. The van der Waals surface area contributed by atoms with Gasteiger partial charge in [-0.3, -0.25) is 0 Å². The number of nitrogens with zero attached hydrogens (tertiary/aromatic N) is 1. The zero-order valence-corrected chi connectivity index (χ0v) is 12.9. The largest absolute Gasteiger partial charge is 0.496 e. The highest BCUT2D eigenvalue weighted by atomic mass is 16.5. The van der Waals surface area contributed by atoms with Crippen molar-refractivity contribution >= 4 is 0 Å². The summed E-state index contributed by atoms with van der Waals surface area (Å²) >= 11 is 0. The van der Waals surface area contributed by atoms with E-state index in [1.807, 2.05) is 12.1 Å². The summed E-state index contributed by atoms with van der Waals surface area (Å²) in [6.45, 7) is 3.02. The molecule has 4 nitrogen and oxygen atoms in total. The minimum absolute atomic E-state index is 0.153. The highest BCUT2D eigenvalue weighted by Gasteiger charge is 2.33. The lowest BCUT2D eigenvalue weighted by atomic mass is 9.77. The van der Waals surface area contributed by atoms with Crippen LogP contribution in [0.25, 0.3) is 0 Å². The molecule has 0 atom stereocenters. The SMILES string of the molecule is COc1ccc(C#N)cc1CNC1(CO)CCC(C)CC1. The predicted octanol–water partition coefficient (Wildman–Crippen LogP) is 2.60. The van der Waals surface area contributed by atoms with Crippen LogP contribution in [0.2, 0.25) is 0 Å². The second-order valence-corrected chi connectivity index (χ2v) is 6.11. The van der Waals surface area contributed by atoms with E-state index in [0.717, 1.165) is 42.9 Å². The van der Waals surface area contributed by atoms with Crippen LogP contribution < -0.4 is 10.1 Å². The van der Waals surface area contributed by atoms with Crippen molar-refractivity contribution in [2.75, 3.05) is 13.7 Å². The summed E-state index contributed by atoms with van der Waals surface area (Å²) in [5.41, 5.74) is 1.39. The first-order valence-corrected chi connectivity index (χ1v) is 7.55. The number of nitrogens with one attached hydrogen (secondary N) is 1. The van der Waals surface area contributed by atoms with Gasteiger partial charge in [-0.1, -0.05) is 6.92 Å². The van der Waals surface area contributed by atoms with Gasteiger partial charge in [0.05, 0.1) is 25.3 Å². The van der Waals surface area contributed by atoms with Crippen LogP contribution >= 0.6 is 0 Å². The van der Waals surface area contributed by atoms with Crippen LogP contribution in [-0.2, 0) is 6.54 Å². The highest BCUT2D eigenvalue weighted by Crippen LogP contribution is 2.32. The number of methoxy groups -OCH3 is 1. The van der Waals surface area contributed by atoms with E-state index in [9.17, 15) is 5.11 Å². The standard InChI is InChI=1S/C17H24N2O2/c1-13-5-7-17(12-20,8-6-13)19-11-15-9-14(10-18)3-4-16(15)21-2/h3-4,9,13,19-20H,5-8,11-12H2,1-2H3. The molecule has 0 aromatic heterocycles. The van der Waals surface area contributed by atoms with E-state index in [-0.39, 0.29) is 12.1 Å². The van der Waals surface area contributed by atoms with Crippen LogP contribution in [-0.4, -0.2) is 24.4 Å². The van der Waals surface area contributed by atoms with Gasteiger partial charge in [0.1, 0.15) is 5.75 Å². The Morgan fingerprint density at radius 1 is 1.43 bits per heavy atom. The molecule has 0 radical (unpaired) electrons. The number of aliphatic hydroxyl groups excluding tert-OH is 1. The van der Waals surface area contributed by atoms with Gasteiger partial charge in [-0.2, -0.15) is 5.26 Å². The number of nitriles is 1. The molecule has 1 saturated carbocycles. The molecule has 114 valence electrons. The normalized spacial score (nSPS) is 25.3. The van der Waals surface area contributed by atoms with Gasteiger partial charge in [-0.05, 0) is 49.8 Å². The van der Waals surface area contributed by atoms with E-state index >= 15 is 0 Å². The van der Waals surface area contributed by atoms with Crippen LogP contribution in [0.1, 0.15) is 43.7 Å². The van der Waals surface area contributed by atoms with E-state index in [2.05, 4.69) is 18.3 Å². The molecule has 1 aliphatic rings. The fraction of sp³-hybridized carbons (Fsp3) is 0.588. The molecular weight excluding hydrogens is 264 g/mol. The molecule has 1 fully saturated rings. The molecule has 2 N–H and O–H groups in total. The van der Waals surface area contributed by atoms with E-state index in [0.29, 0.717) is 12.1 Å². The molecular formula is C17H24N2O2. The summed E-state index contributed by atoms with van der Waals surface area (Å²) in [4.78, 5) is 0. The summed E-state index contributed by atoms with van der Waals surface area (Å²) < 4.78 is 5.36. The van der Waals surface area contributed by atoms with E-state index in [1.54, 1.807) is 13.2 Å². The summed E-state index contributed by atoms with van der Waals surface area (Å²) in [7, 11) is 1.63. The number of benzene rings is 1. The average Bonchev–Trinajstić information content (AvgIpc) is 2.54. The predicted molar refractivity (Wildman–Crippen MR) is 82.0 cm³/mol. The minimum Gasteiger partial charge on any atom is -0.496 e. The fourth-order valence-corrected chi connectivity index (χ4v) is 2.97. The Morgan fingerprint density at radius 3 is 2.71 bits per heavy atom. The summed E-state index contributed by atoms with van der Waals surface area (Å²) in [6, 6.07) is 7.58. The van der Waals surface area contributed by atoms with Crippen molar-refractivity contribution < 1.29 is 9.84 Å². The third-order valence-corrected chi connectivity index (χ3v) is 4.60. The van der Waals surface area contributed by atoms with Crippen molar-refractivity contribution in [3.05, 3.63) is 29.3 Å². The Balaban J connectivity index is 2.09. The molecule has 0 heterocycles. The van der Waals surface area contributed by atoms with Gasteiger partial charge < -0.3 is 15.2 Å². The summed E-state index contributed by atoms with van der Waals surface area (Å²) in [5.74, 6) is 1.52. The number of hydrogen-bond acceptors (Lipinski definition) is 4. The first-order valence-electron chi connectivity index (χ1n) is 7.55. The average molecular weight is 288 g/mol. The van der Waals surface area contributed by atoms with Crippen LogP contribution in [0.15, 0.2) is 18.2 Å². The van der Waals surface area contributed by atoms with Crippen molar-refractivity contribution in [3.8, 4) is 11.8 Å².